The van der Waals surface area contributed by atoms with Gasteiger partial charge in [-0.3, -0.25) is 0 Å². The Morgan fingerprint density at radius 2 is 2.42 bits per heavy atom. The fourth-order valence-corrected chi connectivity index (χ4v) is 1.32. The van der Waals surface area contributed by atoms with Gasteiger partial charge in [0, 0.05) is 11.8 Å². The topological polar surface area (TPSA) is 59.4 Å². The number of aromatic nitrogens is 1. The van der Waals surface area contributed by atoms with Crippen LogP contribution >= 0.6 is 11.6 Å². The molecule has 0 aliphatic carbocycles. The van der Waals surface area contributed by atoms with E-state index in [4.69, 9.17) is 16.7 Å². The third-order valence-corrected chi connectivity index (χ3v) is 1.91. The lowest BCUT2D eigenvalue weighted by atomic mass is 10.2. The first-order valence-corrected chi connectivity index (χ1v) is 3.61. The molecule has 1 N–H and O–H groups in total. The molecule has 0 aromatic carbocycles. The molecule has 2 heterocycles. The van der Waals surface area contributed by atoms with E-state index in [0.29, 0.717) is 5.56 Å². The van der Waals surface area contributed by atoms with Crippen LogP contribution in [0.4, 0.5) is 0 Å². The molecule has 1 atom stereocenters. The van der Waals surface area contributed by atoms with Crippen LogP contribution in [0.25, 0.3) is 0 Å². The first-order valence-electron chi connectivity index (χ1n) is 3.23. The van der Waals surface area contributed by atoms with Gasteiger partial charge in [0.25, 0.3) is 0 Å². The molecule has 1 unspecified atom stereocenters. The first kappa shape index (κ1) is 7.52. The molecule has 4 nitrogen and oxygen atoms in total. The zero-order chi connectivity index (χ0) is 8.72. The smallest absolute Gasteiger partial charge is 0.344 e. The second-order valence-electron chi connectivity index (χ2n) is 2.32. The molecule has 5 heteroatoms. The number of pyridine rings is 1. The Morgan fingerprint density at radius 1 is 1.67 bits per heavy atom. The summed E-state index contributed by atoms with van der Waals surface area (Å²) in [5.74, 6) is -0.629. The Kier molecular flexibility index (Phi) is 1.52. The maximum Gasteiger partial charge on any atom is 0.344 e. The highest BCUT2D eigenvalue weighted by Gasteiger charge is 2.31. The number of hydrogen-bond acceptors (Lipinski definition) is 4. The van der Waals surface area contributed by atoms with Crippen LogP contribution in [0.5, 0.6) is 0 Å². The Labute approximate surface area is 72.7 Å². The molecule has 12 heavy (non-hydrogen) atoms. The van der Waals surface area contributed by atoms with E-state index >= 15 is 0 Å². The third kappa shape index (κ3) is 0.888. The van der Waals surface area contributed by atoms with Crippen LogP contribution in [-0.4, -0.2) is 16.1 Å². The van der Waals surface area contributed by atoms with Gasteiger partial charge in [-0.25, -0.2) is 9.78 Å². The van der Waals surface area contributed by atoms with Crippen LogP contribution in [0, 0.1) is 0 Å². The number of ether oxygens (including phenoxy) is 1. The van der Waals surface area contributed by atoms with Gasteiger partial charge in [-0.1, -0.05) is 11.6 Å². The lowest BCUT2D eigenvalue weighted by Gasteiger charge is -1.99. The van der Waals surface area contributed by atoms with Crippen molar-refractivity contribution in [2.75, 3.05) is 0 Å². The minimum Gasteiger partial charge on any atom is -0.428 e. The van der Waals surface area contributed by atoms with Crippen LogP contribution in [-0.2, 0) is 4.74 Å². The highest BCUT2D eigenvalue weighted by molar-refractivity contribution is 6.32. The van der Waals surface area contributed by atoms with Gasteiger partial charge in [0.2, 0.25) is 6.29 Å². The zero-order valence-electron chi connectivity index (χ0n) is 5.82. The van der Waals surface area contributed by atoms with Crippen LogP contribution in [0.15, 0.2) is 12.3 Å². The van der Waals surface area contributed by atoms with Gasteiger partial charge in [0.05, 0.1) is 0 Å². The summed E-state index contributed by atoms with van der Waals surface area (Å²) in [4.78, 5) is 14.7. The molecule has 0 amide bonds. The minimum atomic E-state index is -1.20. The standard InChI is InChI=1S/C7H4ClNO3/c8-5-4-3(1-2-9-5)6(10)12-7(4)11/h1-2,6,10H. The number of esters is 1. The lowest BCUT2D eigenvalue weighted by molar-refractivity contribution is -0.0547. The van der Waals surface area contributed by atoms with Gasteiger partial charge in [0.15, 0.2) is 0 Å². The van der Waals surface area contributed by atoms with Crippen molar-refractivity contribution in [3.05, 3.63) is 28.5 Å². The third-order valence-electron chi connectivity index (χ3n) is 1.63. The van der Waals surface area contributed by atoms with Crippen LogP contribution in [0.1, 0.15) is 22.2 Å². The van der Waals surface area contributed by atoms with E-state index in [1.807, 2.05) is 0 Å². The van der Waals surface area contributed by atoms with Gasteiger partial charge < -0.3 is 9.84 Å². The molecule has 0 fully saturated rings. The summed E-state index contributed by atoms with van der Waals surface area (Å²) in [6.45, 7) is 0. The zero-order valence-corrected chi connectivity index (χ0v) is 6.58. The molecule has 1 aromatic rings. The van der Waals surface area contributed by atoms with Crippen molar-refractivity contribution >= 4 is 17.6 Å². The van der Waals surface area contributed by atoms with E-state index in [1.165, 1.54) is 12.3 Å². The fourth-order valence-electron chi connectivity index (χ4n) is 1.08. The van der Waals surface area contributed by atoms with Gasteiger partial charge in [-0.2, -0.15) is 0 Å². The summed E-state index contributed by atoms with van der Waals surface area (Å²) in [6.07, 6.45) is 0.208. The number of hydrogen-bond donors (Lipinski definition) is 1. The molecule has 0 spiro atoms. The maximum atomic E-state index is 11.0. The van der Waals surface area contributed by atoms with Crippen molar-refractivity contribution in [1.82, 2.24) is 4.98 Å². The van der Waals surface area contributed by atoms with E-state index in [1.54, 1.807) is 0 Å². The number of carbonyl (C=O) groups excluding carboxylic acids is 1. The molecule has 0 bridgehead atoms. The Hall–Kier alpha value is -1.13. The van der Waals surface area contributed by atoms with Gasteiger partial charge in [-0.15, -0.1) is 0 Å². The molecular formula is C7H4ClNO3. The molecule has 1 aliphatic heterocycles. The summed E-state index contributed by atoms with van der Waals surface area (Å²) < 4.78 is 4.50. The van der Waals surface area contributed by atoms with Crippen LogP contribution in [0.2, 0.25) is 5.15 Å². The summed E-state index contributed by atoms with van der Waals surface area (Å²) in [5.41, 5.74) is 0.534. The van der Waals surface area contributed by atoms with Gasteiger partial charge >= 0.3 is 5.97 Å². The quantitative estimate of drug-likeness (QED) is 0.482. The van der Waals surface area contributed by atoms with E-state index in [9.17, 15) is 4.79 Å². The number of aliphatic hydroxyl groups is 1. The number of rotatable bonds is 0. The van der Waals surface area contributed by atoms with Crippen molar-refractivity contribution < 1.29 is 14.6 Å². The summed E-state index contributed by atoms with van der Waals surface area (Å²) >= 11 is 5.61. The number of fused-ring (bicyclic) bond motifs is 1. The second-order valence-corrected chi connectivity index (χ2v) is 2.68. The first-order chi connectivity index (χ1) is 5.70. The van der Waals surface area contributed by atoms with Crippen LogP contribution in [0.3, 0.4) is 0 Å². The van der Waals surface area contributed by atoms with Gasteiger partial charge in [0.1, 0.15) is 10.7 Å². The normalized spacial score (nSPS) is 20.5. The number of nitrogens with zero attached hydrogens (tertiary/aromatic N) is 1. The predicted octanol–water partition coefficient (Wildman–Crippen LogP) is 0.896. The molecular weight excluding hydrogens is 182 g/mol. The molecule has 62 valence electrons. The molecule has 1 aromatic heterocycles. The highest BCUT2D eigenvalue weighted by Crippen LogP contribution is 2.31. The predicted molar refractivity (Wildman–Crippen MR) is 39.6 cm³/mol. The number of cyclic esters (lactones) is 1. The number of carbonyl (C=O) groups is 1. The molecule has 2 rings (SSSR count). The molecule has 0 radical (unpaired) electrons. The molecule has 0 saturated carbocycles. The van der Waals surface area contributed by atoms with E-state index < -0.39 is 12.3 Å². The SMILES string of the molecule is O=C1OC(O)c2ccnc(Cl)c21. The minimum absolute atomic E-state index is 0.0639. The van der Waals surface area contributed by atoms with Crippen molar-refractivity contribution in [1.29, 1.82) is 0 Å². The molecule has 0 saturated heterocycles. The van der Waals surface area contributed by atoms with Crippen molar-refractivity contribution in [3.8, 4) is 0 Å². The summed E-state index contributed by atoms with van der Waals surface area (Å²) in [5, 5.41) is 9.21. The van der Waals surface area contributed by atoms with E-state index in [2.05, 4.69) is 9.72 Å². The fraction of sp³-hybridized carbons (Fsp3) is 0.143. The summed E-state index contributed by atoms with van der Waals surface area (Å²) in [6, 6.07) is 1.50. The Bertz CT molecular complexity index is 353. The number of halogens is 1. The largest absolute Gasteiger partial charge is 0.428 e. The van der Waals surface area contributed by atoms with Gasteiger partial charge in [-0.05, 0) is 6.07 Å². The maximum absolute atomic E-state index is 11.0. The number of aliphatic hydroxyl groups excluding tert-OH is 1. The Balaban J connectivity index is 2.67. The van der Waals surface area contributed by atoms with E-state index in [0.717, 1.165) is 0 Å². The van der Waals surface area contributed by atoms with Crippen molar-refractivity contribution in [2.24, 2.45) is 0 Å². The monoisotopic (exact) mass is 185 g/mol. The highest BCUT2D eigenvalue weighted by atomic mass is 35.5. The second kappa shape index (κ2) is 2.43. The van der Waals surface area contributed by atoms with Crippen LogP contribution < -0.4 is 0 Å². The average molecular weight is 186 g/mol. The summed E-state index contributed by atoms with van der Waals surface area (Å²) in [7, 11) is 0. The van der Waals surface area contributed by atoms with E-state index in [-0.39, 0.29) is 10.7 Å². The Morgan fingerprint density at radius 3 is 3.08 bits per heavy atom. The van der Waals surface area contributed by atoms with Crippen molar-refractivity contribution in [3.63, 3.8) is 0 Å². The lowest BCUT2D eigenvalue weighted by Crippen LogP contribution is -1.96. The molecule has 1 aliphatic rings. The average Bonchev–Trinajstić information content (AvgIpc) is 2.29. The van der Waals surface area contributed by atoms with Crippen molar-refractivity contribution in [2.45, 2.75) is 6.29 Å².